The normalized spacial score (nSPS) is 24.6. The van der Waals surface area contributed by atoms with E-state index in [9.17, 15) is 14.0 Å². The highest BCUT2D eigenvalue weighted by atomic mass is 19.1. The van der Waals surface area contributed by atoms with Gasteiger partial charge in [-0.3, -0.25) is 4.79 Å². The lowest BCUT2D eigenvalue weighted by molar-refractivity contribution is -0.150. The highest BCUT2D eigenvalue weighted by molar-refractivity contribution is 5.74. The van der Waals surface area contributed by atoms with Crippen molar-refractivity contribution in [2.75, 3.05) is 20.2 Å². The number of alkyl halides is 1. The summed E-state index contributed by atoms with van der Waals surface area (Å²) >= 11 is 0. The largest absolute Gasteiger partial charge is 0.469 e. The lowest BCUT2D eigenvalue weighted by atomic mass is 9.95. The lowest BCUT2D eigenvalue weighted by Crippen LogP contribution is -2.48. The van der Waals surface area contributed by atoms with E-state index in [1.165, 1.54) is 12.0 Å². The number of amides is 1. The minimum absolute atomic E-state index is 0.130. The first kappa shape index (κ1) is 14.7. The zero-order valence-corrected chi connectivity index (χ0v) is 11.2. The van der Waals surface area contributed by atoms with Crippen molar-refractivity contribution in [3.63, 3.8) is 0 Å². The van der Waals surface area contributed by atoms with Crippen LogP contribution in [0.25, 0.3) is 0 Å². The second kappa shape index (κ2) is 5.54. The van der Waals surface area contributed by atoms with Crippen LogP contribution in [0.5, 0.6) is 0 Å². The number of esters is 1. The number of hydrogen-bond acceptors (Lipinski definition) is 4. The van der Waals surface area contributed by atoms with Crippen LogP contribution in [0.1, 0.15) is 27.2 Å². The van der Waals surface area contributed by atoms with Crippen molar-refractivity contribution in [1.82, 2.24) is 4.90 Å². The molecule has 0 aromatic rings. The van der Waals surface area contributed by atoms with Gasteiger partial charge in [-0.2, -0.15) is 0 Å². The summed E-state index contributed by atoms with van der Waals surface area (Å²) in [5, 5.41) is 0. The van der Waals surface area contributed by atoms with E-state index in [-0.39, 0.29) is 13.0 Å². The molecule has 0 saturated carbocycles. The summed E-state index contributed by atoms with van der Waals surface area (Å²) in [6, 6.07) is 0. The summed E-state index contributed by atoms with van der Waals surface area (Å²) in [4.78, 5) is 24.3. The standard InChI is InChI=1S/C12H20FNO4/c1-12(2,3)18-11(16)14-6-5-8(9(13)7-14)10(15)17-4/h8-9H,5-7H2,1-4H3/t8?,9-/m0/s1. The SMILES string of the molecule is COC(=O)C1CCN(C(=O)OC(C)(C)C)C[C@@H]1F. The molecule has 1 unspecified atom stereocenters. The van der Waals surface area contributed by atoms with Gasteiger partial charge in [-0.1, -0.05) is 0 Å². The molecule has 1 rings (SSSR count). The molecule has 104 valence electrons. The van der Waals surface area contributed by atoms with Crippen molar-refractivity contribution in [1.29, 1.82) is 0 Å². The molecule has 1 saturated heterocycles. The van der Waals surface area contributed by atoms with Gasteiger partial charge in [0.15, 0.2) is 0 Å². The quantitative estimate of drug-likeness (QED) is 0.675. The molecule has 0 radical (unpaired) electrons. The molecule has 0 spiro atoms. The van der Waals surface area contributed by atoms with E-state index < -0.39 is 29.8 Å². The molecule has 1 aliphatic heterocycles. The van der Waals surface area contributed by atoms with Crippen molar-refractivity contribution in [3.05, 3.63) is 0 Å². The van der Waals surface area contributed by atoms with E-state index in [0.29, 0.717) is 6.54 Å². The molecular formula is C12H20FNO4. The number of halogens is 1. The van der Waals surface area contributed by atoms with Gasteiger partial charge >= 0.3 is 12.1 Å². The minimum Gasteiger partial charge on any atom is -0.469 e. The van der Waals surface area contributed by atoms with Gasteiger partial charge < -0.3 is 14.4 Å². The average molecular weight is 261 g/mol. The Morgan fingerprint density at radius 3 is 2.39 bits per heavy atom. The van der Waals surface area contributed by atoms with E-state index in [2.05, 4.69) is 4.74 Å². The zero-order valence-electron chi connectivity index (χ0n) is 11.2. The summed E-state index contributed by atoms with van der Waals surface area (Å²) in [5.74, 6) is -1.35. The average Bonchev–Trinajstić information content (AvgIpc) is 2.25. The molecule has 0 N–H and O–H groups in total. The van der Waals surface area contributed by atoms with Crippen LogP contribution >= 0.6 is 0 Å². The van der Waals surface area contributed by atoms with Crippen LogP contribution in [0.15, 0.2) is 0 Å². The molecule has 1 aliphatic rings. The number of piperidine rings is 1. The van der Waals surface area contributed by atoms with Gasteiger partial charge in [0.1, 0.15) is 11.8 Å². The topological polar surface area (TPSA) is 55.8 Å². The van der Waals surface area contributed by atoms with Crippen molar-refractivity contribution >= 4 is 12.1 Å². The first-order chi connectivity index (χ1) is 8.24. The Morgan fingerprint density at radius 1 is 1.33 bits per heavy atom. The second-order valence-electron chi connectivity index (χ2n) is 5.36. The van der Waals surface area contributed by atoms with Crippen molar-refractivity contribution in [2.45, 2.75) is 39.0 Å². The molecule has 6 heteroatoms. The molecule has 1 heterocycles. The van der Waals surface area contributed by atoms with Crippen LogP contribution in [0, 0.1) is 5.92 Å². The van der Waals surface area contributed by atoms with Gasteiger partial charge in [-0.25, -0.2) is 9.18 Å². The number of nitrogens with zero attached hydrogens (tertiary/aromatic N) is 1. The zero-order chi connectivity index (χ0) is 13.9. The van der Waals surface area contributed by atoms with Gasteiger partial charge in [-0.15, -0.1) is 0 Å². The number of rotatable bonds is 1. The fourth-order valence-corrected chi connectivity index (χ4v) is 1.81. The van der Waals surface area contributed by atoms with E-state index in [1.807, 2.05) is 0 Å². The van der Waals surface area contributed by atoms with Gasteiger partial charge in [0.25, 0.3) is 0 Å². The smallest absolute Gasteiger partial charge is 0.410 e. The third-order valence-electron chi connectivity index (χ3n) is 2.70. The molecule has 2 atom stereocenters. The van der Waals surface area contributed by atoms with Gasteiger partial charge in [0, 0.05) is 6.54 Å². The molecule has 0 aromatic carbocycles. The molecule has 5 nitrogen and oxygen atoms in total. The van der Waals surface area contributed by atoms with Gasteiger partial charge in [-0.05, 0) is 27.2 Å². The Bertz CT molecular complexity index is 327. The summed E-state index contributed by atoms with van der Waals surface area (Å²) in [5.41, 5.74) is -0.609. The molecule has 18 heavy (non-hydrogen) atoms. The molecular weight excluding hydrogens is 241 g/mol. The number of ether oxygens (including phenoxy) is 2. The molecule has 1 fully saturated rings. The van der Waals surface area contributed by atoms with Crippen LogP contribution in [-0.4, -0.2) is 48.9 Å². The number of likely N-dealkylation sites (tertiary alicyclic amines) is 1. The van der Waals surface area contributed by atoms with E-state index in [0.717, 1.165) is 0 Å². The third-order valence-corrected chi connectivity index (χ3v) is 2.70. The Morgan fingerprint density at radius 2 is 1.94 bits per heavy atom. The van der Waals surface area contributed by atoms with Crippen LogP contribution in [0.3, 0.4) is 0 Å². The molecule has 1 amide bonds. The first-order valence-corrected chi connectivity index (χ1v) is 5.94. The Hall–Kier alpha value is -1.33. The Labute approximate surface area is 106 Å². The van der Waals surface area contributed by atoms with Crippen LogP contribution in [-0.2, 0) is 14.3 Å². The number of methoxy groups -OCH3 is 1. The lowest BCUT2D eigenvalue weighted by Gasteiger charge is -2.34. The molecule has 0 aliphatic carbocycles. The van der Waals surface area contributed by atoms with E-state index in [4.69, 9.17) is 4.74 Å². The minimum atomic E-state index is -1.40. The Balaban J connectivity index is 2.55. The van der Waals surface area contributed by atoms with E-state index >= 15 is 0 Å². The van der Waals surface area contributed by atoms with Gasteiger partial charge in [0.05, 0.1) is 19.6 Å². The van der Waals surface area contributed by atoms with Crippen LogP contribution in [0.2, 0.25) is 0 Å². The summed E-state index contributed by atoms with van der Waals surface area (Å²) in [7, 11) is 1.23. The second-order valence-corrected chi connectivity index (χ2v) is 5.36. The maximum absolute atomic E-state index is 13.8. The Kier molecular flexibility index (Phi) is 4.53. The predicted octanol–water partition coefficient (Wildman–Crippen LogP) is 1.75. The predicted molar refractivity (Wildman–Crippen MR) is 62.8 cm³/mol. The van der Waals surface area contributed by atoms with Crippen molar-refractivity contribution < 1.29 is 23.5 Å². The number of hydrogen-bond donors (Lipinski definition) is 0. The summed E-state index contributed by atoms with van der Waals surface area (Å²) in [6.45, 7) is 5.42. The number of carbonyl (C=O) groups is 2. The highest BCUT2D eigenvalue weighted by Gasteiger charge is 2.37. The van der Waals surface area contributed by atoms with E-state index in [1.54, 1.807) is 20.8 Å². The number of carbonyl (C=O) groups excluding carboxylic acids is 2. The fourth-order valence-electron chi connectivity index (χ4n) is 1.81. The first-order valence-electron chi connectivity index (χ1n) is 5.94. The maximum Gasteiger partial charge on any atom is 0.410 e. The van der Waals surface area contributed by atoms with Crippen LogP contribution in [0.4, 0.5) is 9.18 Å². The van der Waals surface area contributed by atoms with Gasteiger partial charge in [0.2, 0.25) is 0 Å². The summed E-state index contributed by atoms with van der Waals surface area (Å²) < 4.78 is 23.5. The van der Waals surface area contributed by atoms with Crippen LogP contribution < -0.4 is 0 Å². The third kappa shape index (κ3) is 3.85. The van der Waals surface area contributed by atoms with Crippen molar-refractivity contribution in [3.8, 4) is 0 Å². The highest BCUT2D eigenvalue weighted by Crippen LogP contribution is 2.23. The van der Waals surface area contributed by atoms with Crippen molar-refractivity contribution in [2.24, 2.45) is 5.92 Å². The monoisotopic (exact) mass is 261 g/mol. The molecule has 0 aromatic heterocycles. The molecule has 0 bridgehead atoms. The summed E-state index contributed by atoms with van der Waals surface area (Å²) in [6.07, 6.45) is -1.69. The maximum atomic E-state index is 13.8. The fraction of sp³-hybridized carbons (Fsp3) is 0.833.